The Morgan fingerprint density at radius 1 is 1.57 bits per heavy atom. The predicted octanol–water partition coefficient (Wildman–Crippen LogP) is 0.920. The lowest BCUT2D eigenvalue weighted by Gasteiger charge is -2.16. The topological polar surface area (TPSA) is 87.8 Å². The second-order valence-corrected chi connectivity index (χ2v) is 5.40. The average Bonchev–Trinajstić information content (AvgIpc) is 2.88. The van der Waals surface area contributed by atoms with E-state index < -0.39 is 0 Å². The molecule has 21 heavy (non-hydrogen) atoms. The van der Waals surface area contributed by atoms with Crippen molar-refractivity contribution in [3.8, 4) is 5.75 Å². The number of carbonyl (C=O) groups is 1. The van der Waals surface area contributed by atoms with Gasteiger partial charge in [0.15, 0.2) is 0 Å². The van der Waals surface area contributed by atoms with Crippen LogP contribution in [0.3, 0.4) is 0 Å². The summed E-state index contributed by atoms with van der Waals surface area (Å²) in [4.78, 5) is 14.2. The zero-order valence-electron chi connectivity index (χ0n) is 12.3. The number of likely N-dealkylation sites (tertiary alicyclic amines) is 1. The number of nitrogens with zero attached hydrogens (tertiary/aromatic N) is 1. The first-order valence-electron chi connectivity index (χ1n) is 7.19. The summed E-state index contributed by atoms with van der Waals surface area (Å²) >= 11 is 0. The molecule has 116 valence electrons. The molecule has 1 unspecified atom stereocenters. The number of nitrogens with one attached hydrogen (secondary N) is 1. The molecule has 4 N–H and O–H groups in total. The van der Waals surface area contributed by atoms with Crippen molar-refractivity contribution in [2.24, 2.45) is 5.92 Å². The number of aliphatic hydroxyl groups is 1. The lowest BCUT2D eigenvalue weighted by atomic mass is 10.1. The van der Waals surface area contributed by atoms with Gasteiger partial charge in [-0.25, -0.2) is 0 Å². The van der Waals surface area contributed by atoms with Gasteiger partial charge in [-0.2, -0.15) is 0 Å². The number of nitrogens with two attached hydrogens (primary N) is 1. The van der Waals surface area contributed by atoms with Crippen molar-refractivity contribution in [1.82, 2.24) is 4.90 Å². The minimum Gasteiger partial charge on any atom is -0.497 e. The summed E-state index contributed by atoms with van der Waals surface area (Å²) in [7, 11) is 1.57. The van der Waals surface area contributed by atoms with Gasteiger partial charge in [0.1, 0.15) is 5.75 Å². The summed E-state index contributed by atoms with van der Waals surface area (Å²) in [6.07, 6.45) is 1.85. The zero-order valence-corrected chi connectivity index (χ0v) is 12.3. The average molecular weight is 293 g/mol. The third-order valence-electron chi connectivity index (χ3n) is 3.81. The molecule has 1 amide bonds. The van der Waals surface area contributed by atoms with Gasteiger partial charge in [-0.1, -0.05) is 0 Å². The van der Waals surface area contributed by atoms with Crippen molar-refractivity contribution in [3.05, 3.63) is 18.2 Å². The Kier molecular flexibility index (Phi) is 5.41. The highest BCUT2D eigenvalue weighted by Crippen LogP contribution is 2.24. The molecule has 1 atom stereocenters. The molecule has 6 nitrogen and oxygen atoms in total. The number of benzene rings is 1. The number of carbonyl (C=O) groups excluding carboxylic acids is 1. The number of hydrogen-bond donors (Lipinski definition) is 3. The maximum absolute atomic E-state index is 12.1. The van der Waals surface area contributed by atoms with E-state index in [4.69, 9.17) is 15.6 Å². The third kappa shape index (κ3) is 4.34. The van der Waals surface area contributed by atoms with Crippen LogP contribution in [-0.2, 0) is 4.79 Å². The highest BCUT2D eigenvalue weighted by atomic mass is 16.5. The molecule has 0 aliphatic carbocycles. The van der Waals surface area contributed by atoms with Gasteiger partial charge in [-0.05, 0) is 37.4 Å². The Bertz CT molecular complexity index is 493. The van der Waals surface area contributed by atoms with Gasteiger partial charge in [0.05, 0.1) is 25.0 Å². The Morgan fingerprint density at radius 2 is 2.38 bits per heavy atom. The number of anilines is 2. The monoisotopic (exact) mass is 293 g/mol. The van der Waals surface area contributed by atoms with Crippen LogP contribution < -0.4 is 15.8 Å². The van der Waals surface area contributed by atoms with Crippen molar-refractivity contribution < 1.29 is 14.6 Å². The summed E-state index contributed by atoms with van der Waals surface area (Å²) < 4.78 is 5.08. The Labute approximate surface area is 124 Å². The SMILES string of the molecule is COc1ccc(NC(=O)CN2CCC(CCO)C2)c(N)c1. The van der Waals surface area contributed by atoms with Crippen molar-refractivity contribution in [3.63, 3.8) is 0 Å². The van der Waals surface area contributed by atoms with Crippen LogP contribution in [0.1, 0.15) is 12.8 Å². The van der Waals surface area contributed by atoms with E-state index in [1.54, 1.807) is 25.3 Å². The first kappa shape index (κ1) is 15.6. The zero-order chi connectivity index (χ0) is 15.2. The van der Waals surface area contributed by atoms with E-state index >= 15 is 0 Å². The number of aliphatic hydroxyl groups excluding tert-OH is 1. The predicted molar refractivity (Wildman–Crippen MR) is 82.3 cm³/mol. The van der Waals surface area contributed by atoms with Crippen LogP contribution in [0.15, 0.2) is 18.2 Å². The molecule has 2 rings (SSSR count). The maximum atomic E-state index is 12.1. The Balaban J connectivity index is 1.85. The van der Waals surface area contributed by atoms with E-state index in [0.717, 1.165) is 25.9 Å². The van der Waals surface area contributed by atoms with E-state index in [2.05, 4.69) is 10.2 Å². The molecule has 1 fully saturated rings. The van der Waals surface area contributed by atoms with Gasteiger partial charge in [-0.15, -0.1) is 0 Å². The summed E-state index contributed by atoms with van der Waals surface area (Å²) in [5, 5.41) is 11.8. The van der Waals surface area contributed by atoms with Gasteiger partial charge in [0.2, 0.25) is 5.91 Å². The van der Waals surface area contributed by atoms with Crippen LogP contribution in [0.2, 0.25) is 0 Å². The molecule has 1 aliphatic rings. The van der Waals surface area contributed by atoms with Crippen LogP contribution in [0, 0.1) is 5.92 Å². The quantitative estimate of drug-likeness (QED) is 0.679. The highest BCUT2D eigenvalue weighted by molar-refractivity contribution is 5.95. The summed E-state index contributed by atoms with van der Waals surface area (Å²) in [5.74, 6) is 1.09. The first-order chi connectivity index (χ1) is 10.1. The number of ether oxygens (including phenoxy) is 1. The molecule has 0 saturated carbocycles. The number of methoxy groups -OCH3 is 1. The molecule has 6 heteroatoms. The Hall–Kier alpha value is -1.79. The van der Waals surface area contributed by atoms with Crippen LogP contribution in [0.4, 0.5) is 11.4 Å². The van der Waals surface area contributed by atoms with E-state index in [1.807, 2.05) is 0 Å². The molecular weight excluding hydrogens is 270 g/mol. The standard InChI is InChI=1S/C15H23N3O3/c1-21-12-2-3-14(13(16)8-12)17-15(20)10-18-6-4-11(9-18)5-7-19/h2-3,8,11,19H,4-7,9-10,16H2,1H3,(H,17,20). The molecule has 0 radical (unpaired) electrons. The van der Waals surface area contributed by atoms with Gasteiger partial charge in [0, 0.05) is 19.2 Å². The van der Waals surface area contributed by atoms with Crippen molar-refractivity contribution >= 4 is 17.3 Å². The van der Waals surface area contributed by atoms with E-state index in [1.165, 1.54) is 0 Å². The minimum atomic E-state index is -0.0727. The largest absolute Gasteiger partial charge is 0.497 e. The molecule has 0 bridgehead atoms. The minimum absolute atomic E-state index is 0.0727. The molecule has 1 aromatic carbocycles. The van der Waals surface area contributed by atoms with Crippen LogP contribution in [-0.4, -0.2) is 49.3 Å². The van der Waals surface area contributed by atoms with Crippen molar-refractivity contribution in [2.45, 2.75) is 12.8 Å². The third-order valence-corrected chi connectivity index (χ3v) is 3.81. The molecule has 0 aromatic heterocycles. The number of amides is 1. The smallest absolute Gasteiger partial charge is 0.238 e. The number of nitrogen functional groups attached to an aromatic ring is 1. The fourth-order valence-corrected chi connectivity index (χ4v) is 2.65. The van der Waals surface area contributed by atoms with Crippen LogP contribution in [0.25, 0.3) is 0 Å². The lowest BCUT2D eigenvalue weighted by Crippen LogP contribution is -2.31. The summed E-state index contributed by atoms with van der Waals surface area (Å²) in [6.45, 7) is 2.34. The molecule has 1 saturated heterocycles. The second-order valence-electron chi connectivity index (χ2n) is 5.40. The molecule has 1 aromatic rings. The van der Waals surface area contributed by atoms with Gasteiger partial charge in [0.25, 0.3) is 0 Å². The normalized spacial score (nSPS) is 18.7. The van der Waals surface area contributed by atoms with E-state index in [-0.39, 0.29) is 12.5 Å². The first-order valence-corrected chi connectivity index (χ1v) is 7.19. The van der Waals surface area contributed by atoms with E-state index in [9.17, 15) is 4.79 Å². The van der Waals surface area contributed by atoms with Gasteiger partial charge in [-0.3, -0.25) is 9.69 Å². The Morgan fingerprint density at radius 3 is 3.05 bits per heavy atom. The van der Waals surface area contributed by atoms with Crippen LogP contribution in [0.5, 0.6) is 5.75 Å². The maximum Gasteiger partial charge on any atom is 0.238 e. The fourth-order valence-electron chi connectivity index (χ4n) is 2.65. The number of hydrogen-bond acceptors (Lipinski definition) is 5. The summed E-state index contributed by atoms with van der Waals surface area (Å²) in [5.41, 5.74) is 6.97. The molecular formula is C15H23N3O3. The van der Waals surface area contributed by atoms with Crippen molar-refractivity contribution in [1.29, 1.82) is 0 Å². The molecule has 0 spiro atoms. The van der Waals surface area contributed by atoms with Gasteiger partial charge >= 0.3 is 0 Å². The van der Waals surface area contributed by atoms with Crippen LogP contribution >= 0.6 is 0 Å². The highest BCUT2D eigenvalue weighted by Gasteiger charge is 2.23. The molecule has 1 heterocycles. The molecule has 1 aliphatic heterocycles. The number of rotatable bonds is 6. The van der Waals surface area contributed by atoms with Gasteiger partial charge < -0.3 is 20.9 Å². The fraction of sp³-hybridized carbons (Fsp3) is 0.533. The van der Waals surface area contributed by atoms with Crippen molar-refractivity contribution in [2.75, 3.05) is 44.4 Å². The van der Waals surface area contributed by atoms with E-state index in [0.29, 0.717) is 29.6 Å². The lowest BCUT2D eigenvalue weighted by molar-refractivity contribution is -0.117. The second kappa shape index (κ2) is 7.28. The summed E-state index contributed by atoms with van der Waals surface area (Å²) in [6, 6.07) is 5.19.